The van der Waals surface area contributed by atoms with Crippen LogP contribution in [0.15, 0.2) is 40.6 Å². The fraction of sp³-hybridized carbons (Fsp3) is 0.368. The van der Waals surface area contributed by atoms with E-state index in [1.807, 2.05) is 19.1 Å². The Hall–Kier alpha value is -2.07. The van der Waals surface area contributed by atoms with E-state index in [4.69, 9.17) is 9.47 Å². The lowest BCUT2D eigenvalue weighted by Gasteiger charge is -2.25. The molecule has 1 aliphatic rings. The van der Waals surface area contributed by atoms with Crippen molar-refractivity contribution in [1.29, 1.82) is 0 Å². The molecule has 9 heteroatoms. The van der Waals surface area contributed by atoms with Crippen molar-refractivity contribution in [2.45, 2.75) is 17.6 Å². The van der Waals surface area contributed by atoms with Crippen LogP contribution in [-0.4, -0.2) is 57.4 Å². The van der Waals surface area contributed by atoms with Gasteiger partial charge in [0.25, 0.3) is 10.0 Å². The average Bonchev–Trinajstić information content (AvgIpc) is 3.16. The normalized spacial score (nSPS) is 15.3. The van der Waals surface area contributed by atoms with Crippen LogP contribution in [0.2, 0.25) is 0 Å². The molecule has 0 unspecified atom stereocenters. The first kappa shape index (κ1) is 20.7. The lowest BCUT2D eigenvalue weighted by molar-refractivity contribution is -0.141. The summed E-state index contributed by atoms with van der Waals surface area (Å²) in [5.41, 5.74) is 1.52. The van der Waals surface area contributed by atoms with Crippen LogP contribution in [0.3, 0.4) is 0 Å². The van der Waals surface area contributed by atoms with Gasteiger partial charge in [0.05, 0.1) is 19.6 Å². The largest absolute Gasteiger partial charge is 0.457 e. The van der Waals surface area contributed by atoms with Crippen LogP contribution < -0.4 is 0 Å². The topological polar surface area (TPSA) is 90.0 Å². The van der Waals surface area contributed by atoms with Crippen molar-refractivity contribution < 1.29 is 27.5 Å². The highest BCUT2D eigenvalue weighted by atomic mass is 32.2. The summed E-state index contributed by atoms with van der Waals surface area (Å²) in [7, 11) is -3.58. The summed E-state index contributed by atoms with van der Waals surface area (Å²) in [4.78, 5) is 24.6. The lowest BCUT2D eigenvalue weighted by Crippen LogP contribution is -2.40. The molecule has 1 saturated heterocycles. The number of hydrogen-bond acceptors (Lipinski definition) is 7. The van der Waals surface area contributed by atoms with E-state index in [0.717, 1.165) is 16.9 Å². The molecule has 1 aromatic carbocycles. The molecule has 150 valence electrons. The molecule has 0 aliphatic carbocycles. The molecule has 28 heavy (non-hydrogen) atoms. The second-order valence-electron chi connectivity index (χ2n) is 6.36. The van der Waals surface area contributed by atoms with Crippen LogP contribution in [0.5, 0.6) is 0 Å². The standard InChI is InChI=1S/C19H21NO6S2/c1-14-2-4-15(5-3-14)17(21)13-26-18(22)12-16-6-7-19(27-16)28(23,24)20-8-10-25-11-9-20/h2-7H,8-13H2,1H3. The van der Waals surface area contributed by atoms with Gasteiger partial charge in [0.2, 0.25) is 0 Å². The molecule has 0 N–H and O–H groups in total. The van der Waals surface area contributed by atoms with Gasteiger partial charge in [-0.3, -0.25) is 9.59 Å². The first-order valence-corrected chi connectivity index (χ1v) is 11.0. The minimum atomic E-state index is -3.58. The Kier molecular flexibility index (Phi) is 6.61. The lowest BCUT2D eigenvalue weighted by atomic mass is 10.1. The van der Waals surface area contributed by atoms with Crippen molar-refractivity contribution in [2.75, 3.05) is 32.9 Å². The maximum atomic E-state index is 12.6. The first-order valence-electron chi connectivity index (χ1n) is 8.78. The molecule has 0 amide bonds. The third kappa shape index (κ3) is 5.05. The van der Waals surface area contributed by atoms with Gasteiger partial charge in [-0.25, -0.2) is 8.42 Å². The Morgan fingerprint density at radius 1 is 1.11 bits per heavy atom. The number of aryl methyl sites for hydroxylation is 1. The van der Waals surface area contributed by atoms with Gasteiger partial charge in [0.1, 0.15) is 4.21 Å². The number of nitrogens with zero attached hydrogens (tertiary/aromatic N) is 1. The predicted molar refractivity (Wildman–Crippen MR) is 104 cm³/mol. The first-order chi connectivity index (χ1) is 13.4. The number of carbonyl (C=O) groups is 2. The van der Waals surface area contributed by atoms with Gasteiger partial charge in [-0.1, -0.05) is 29.8 Å². The van der Waals surface area contributed by atoms with Crippen molar-refractivity contribution in [1.82, 2.24) is 4.31 Å². The molecule has 0 atom stereocenters. The van der Waals surface area contributed by atoms with Crippen LogP contribution in [-0.2, 0) is 30.7 Å². The van der Waals surface area contributed by atoms with Crippen LogP contribution in [0.25, 0.3) is 0 Å². The van der Waals surface area contributed by atoms with Crippen LogP contribution in [0.1, 0.15) is 20.8 Å². The van der Waals surface area contributed by atoms with E-state index in [9.17, 15) is 18.0 Å². The van der Waals surface area contributed by atoms with Gasteiger partial charge in [-0.15, -0.1) is 11.3 Å². The minimum absolute atomic E-state index is 0.0789. The van der Waals surface area contributed by atoms with E-state index in [0.29, 0.717) is 36.7 Å². The molecule has 2 heterocycles. The molecule has 0 bridgehead atoms. The molecule has 1 aromatic heterocycles. The fourth-order valence-electron chi connectivity index (χ4n) is 2.67. The van der Waals surface area contributed by atoms with Crippen molar-refractivity contribution in [3.63, 3.8) is 0 Å². The van der Waals surface area contributed by atoms with Gasteiger partial charge in [0, 0.05) is 23.5 Å². The van der Waals surface area contributed by atoms with Gasteiger partial charge in [-0.2, -0.15) is 4.31 Å². The van der Waals surface area contributed by atoms with Crippen LogP contribution >= 0.6 is 11.3 Å². The predicted octanol–water partition coefficient (Wildman–Crippen LogP) is 2.05. The molecule has 2 aromatic rings. The highest BCUT2D eigenvalue weighted by Gasteiger charge is 2.28. The van der Waals surface area contributed by atoms with Crippen molar-refractivity contribution in [3.05, 3.63) is 52.4 Å². The molecular weight excluding hydrogens is 402 g/mol. The third-order valence-corrected chi connectivity index (χ3v) is 7.71. The van der Waals surface area contributed by atoms with E-state index in [-0.39, 0.29) is 23.0 Å². The number of sulfonamides is 1. The number of carbonyl (C=O) groups excluding carboxylic acids is 2. The van der Waals surface area contributed by atoms with E-state index in [1.165, 1.54) is 10.4 Å². The van der Waals surface area contributed by atoms with Gasteiger partial charge < -0.3 is 9.47 Å². The minimum Gasteiger partial charge on any atom is -0.457 e. The number of esters is 1. The molecule has 0 saturated carbocycles. The van der Waals surface area contributed by atoms with Crippen LogP contribution in [0.4, 0.5) is 0 Å². The zero-order valence-corrected chi connectivity index (χ0v) is 17.1. The van der Waals surface area contributed by atoms with Gasteiger partial charge >= 0.3 is 5.97 Å². The summed E-state index contributed by atoms with van der Waals surface area (Å²) in [6.07, 6.45) is -0.0789. The van der Waals surface area contributed by atoms with Crippen LogP contribution in [0, 0.1) is 6.92 Å². The summed E-state index contributed by atoms with van der Waals surface area (Å²) in [6.45, 7) is 2.96. The zero-order chi connectivity index (χ0) is 20.1. The summed E-state index contributed by atoms with van der Waals surface area (Å²) in [6, 6.07) is 10.1. The van der Waals surface area contributed by atoms with Gasteiger partial charge in [0.15, 0.2) is 12.4 Å². The Bertz CT molecular complexity index is 943. The quantitative estimate of drug-likeness (QED) is 0.500. The molecule has 7 nitrogen and oxygen atoms in total. The van der Waals surface area contributed by atoms with E-state index in [1.54, 1.807) is 18.2 Å². The number of Topliss-reactive ketones (excluding diaryl/α,β-unsaturated/α-hetero) is 1. The molecule has 0 radical (unpaired) electrons. The molecular formula is C19H21NO6S2. The van der Waals surface area contributed by atoms with Gasteiger partial charge in [-0.05, 0) is 19.1 Å². The number of ether oxygens (including phenoxy) is 2. The molecule has 1 aliphatic heterocycles. The van der Waals surface area contributed by atoms with E-state index < -0.39 is 16.0 Å². The second-order valence-corrected chi connectivity index (χ2v) is 9.70. The summed E-state index contributed by atoms with van der Waals surface area (Å²) in [5, 5.41) is 0. The third-order valence-electron chi connectivity index (χ3n) is 4.26. The van der Waals surface area contributed by atoms with E-state index >= 15 is 0 Å². The molecule has 3 rings (SSSR count). The highest BCUT2D eigenvalue weighted by molar-refractivity contribution is 7.91. The zero-order valence-electron chi connectivity index (χ0n) is 15.4. The Balaban J connectivity index is 1.55. The molecule has 0 spiro atoms. The Labute approximate surface area is 167 Å². The summed E-state index contributed by atoms with van der Waals surface area (Å²) >= 11 is 1.04. The summed E-state index contributed by atoms with van der Waals surface area (Å²) < 4.78 is 37.0. The second kappa shape index (κ2) is 8.95. The van der Waals surface area contributed by atoms with Crippen molar-refractivity contribution >= 4 is 33.1 Å². The average molecular weight is 424 g/mol. The Morgan fingerprint density at radius 2 is 1.79 bits per heavy atom. The summed E-state index contributed by atoms with van der Waals surface area (Å²) in [5.74, 6) is -0.854. The number of morpholine rings is 1. The number of benzene rings is 1. The number of thiophene rings is 1. The van der Waals surface area contributed by atoms with Crippen molar-refractivity contribution in [2.24, 2.45) is 0 Å². The maximum absolute atomic E-state index is 12.6. The van der Waals surface area contributed by atoms with Crippen molar-refractivity contribution in [3.8, 4) is 0 Å². The SMILES string of the molecule is Cc1ccc(C(=O)COC(=O)Cc2ccc(S(=O)(=O)N3CCOCC3)s2)cc1. The van der Waals surface area contributed by atoms with E-state index in [2.05, 4.69) is 0 Å². The number of ketones is 1. The number of hydrogen-bond donors (Lipinski definition) is 0. The maximum Gasteiger partial charge on any atom is 0.311 e. The fourth-order valence-corrected chi connectivity index (χ4v) is 5.57. The highest BCUT2D eigenvalue weighted by Crippen LogP contribution is 2.26. The monoisotopic (exact) mass is 423 g/mol. The Morgan fingerprint density at radius 3 is 2.46 bits per heavy atom. The number of rotatable bonds is 7. The molecule has 1 fully saturated rings. The smallest absolute Gasteiger partial charge is 0.311 e.